The van der Waals surface area contributed by atoms with Crippen molar-refractivity contribution in [3.63, 3.8) is 0 Å². The minimum absolute atomic E-state index is 0.226. The SMILES string of the molecule is C=C=CC(NC)c1ccccc1. The molecule has 0 fully saturated rings. The van der Waals surface area contributed by atoms with Gasteiger partial charge in [0.2, 0.25) is 0 Å². The monoisotopic (exact) mass is 159 g/mol. The quantitative estimate of drug-likeness (QED) is 0.667. The molecule has 1 aromatic carbocycles. The van der Waals surface area contributed by atoms with Crippen LogP contribution in [-0.4, -0.2) is 7.05 Å². The van der Waals surface area contributed by atoms with Gasteiger partial charge in [-0.15, -0.1) is 5.73 Å². The lowest BCUT2D eigenvalue weighted by Crippen LogP contribution is -2.13. The van der Waals surface area contributed by atoms with E-state index in [0.29, 0.717) is 0 Å². The Morgan fingerprint density at radius 3 is 2.58 bits per heavy atom. The Hall–Kier alpha value is -1.30. The first kappa shape index (κ1) is 8.79. The van der Waals surface area contributed by atoms with Gasteiger partial charge >= 0.3 is 0 Å². The first-order valence-corrected chi connectivity index (χ1v) is 3.96. The second-order valence-corrected chi connectivity index (χ2v) is 2.55. The fourth-order valence-electron chi connectivity index (χ4n) is 1.12. The zero-order valence-electron chi connectivity index (χ0n) is 7.25. The van der Waals surface area contributed by atoms with Crippen LogP contribution in [0.2, 0.25) is 0 Å². The van der Waals surface area contributed by atoms with Gasteiger partial charge in [0.15, 0.2) is 0 Å². The van der Waals surface area contributed by atoms with E-state index in [0.717, 1.165) is 0 Å². The van der Waals surface area contributed by atoms with E-state index in [1.807, 2.05) is 31.3 Å². The predicted octanol–water partition coefficient (Wildman–Crippen LogP) is 2.29. The Labute approximate surface area is 73.4 Å². The molecule has 62 valence electrons. The Kier molecular flexibility index (Phi) is 3.34. The number of nitrogens with one attached hydrogen (secondary N) is 1. The summed E-state index contributed by atoms with van der Waals surface area (Å²) in [6, 6.07) is 10.4. The Bertz CT molecular complexity index is 270. The Balaban J connectivity index is 2.87. The van der Waals surface area contributed by atoms with Crippen LogP contribution in [0.15, 0.2) is 48.7 Å². The van der Waals surface area contributed by atoms with Gasteiger partial charge in [-0.3, -0.25) is 0 Å². The van der Waals surface area contributed by atoms with Gasteiger partial charge in [-0.1, -0.05) is 36.9 Å². The number of hydrogen-bond acceptors (Lipinski definition) is 1. The summed E-state index contributed by atoms with van der Waals surface area (Å²) in [6.07, 6.45) is 1.91. The normalized spacial score (nSPS) is 11.8. The molecular weight excluding hydrogens is 146 g/mol. The van der Waals surface area contributed by atoms with Crippen molar-refractivity contribution in [1.82, 2.24) is 5.32 Å². The minimum atomic E-state index is 0.226. The highest BCUT2D eigenvalue weighted by molar-refractivity contribution is 5.22. The average molecular weight is 159 g/mol. The van der Waals surface area contributed by atoms with E-state index in [2.05, 4.69) is 29.8 Å². The van der Waals surface area contributed by atoms with Crippen LogP contribution >= 0.6 is 0 Å². The molecule has 1 rings (SSSR count). The molecule has 0 aromatic heterocycles. The maximum Gasteiger partial charge on any atom is 0.0578 e. The molecule has 1 atom stereocenters. The van der Waals surface area contributed by atoms with Crippen molar-refractivity contribution in [1.29, 1.82) is 0 Å². The van der Waals surface area contributed by atoms with E-state index >= 15 is 0 Å². The summed E-state index contributed by atoms with van der Waals surface area (Å²) in [5.74, 6) is 0. The van der Waals surface area contributed by atoms with Crippen LogP contribution in [-0.2, 0) is 0 Å². The molecule has 0 bridgehead atoms. The lowest BCUT2D eigenvalue weighted by atomic mass is 10.1. The first-order valence-electron chi connectivity index (χ1n) is 3.96. The van der Waals surface area contributed by atoms with Crippen molar-refractivity contribution in [2.24, 2.45) is 0 Å². The molecule has 0 aliphatic heterocycles. The van der Waals surface area contributed by atoms with Gasteiger partial charge in [-0.25, -0.2) is 0 Å². The van der Waals surface area contributed by atoms with Crippen LogP contribution in [0.4, 0.5) is 0 Å². The lowest BCUT2D eigenvalue weighted by Gasteiger charge is -2.09. The topological polar surface area (TPSA) is 12.0 Å². The lowest BCUT2D eigenvalue weighted by molar-refractivity contribution is 0.716. The summed E-state index contributed by atoms with van der Waals surface area (Å²) in [4.78, 5) is 0. The first-order chi connectivity index (χ1) is 5.88. The van der Waals surface area contributed by atoms with E-state index in [1.54, 1.807) is 0 Å². The van der Waals surface area contributed by atoms with Crippen LogP contribution in [0.25, 0.3) is 0 Å². The number of benzene rings is 1. The molecule has 1 heteroatoms. The van der Waals surface area contributed by atoms with E-state index in [1.165, 1.54) is 5.56 Å². The summed E-state index contributed by atoms with van der Waals surface area (Å²) in [7, 11) is 1.92. The smallest absolute Gasteiger partial charge is 0.0578 e. The zero-order chi connectivity index (χ0) is 8.81. The third-order valence-electron chi connectivity index (χ3n) is 1.75. The van der Waals surface area contributed by atoms with Gasteiger partial charge in [0.05, 0.1) is 6.04 Å². The molecule has 1 nitrogen and oxygen atoms in total. The molecule has 0 heterocycles. The van der Waals surface area contributed by atoms with Gasteiger partial charge < -0.3 is 5.32 Å². The van der Waals surface area contributed by atoms with Crippen molar-refractivity contribution in [3.8, 4) is 0 Å². The van der Waals surface area contributed by atoms with Crippen LogP contribution < -0.4 is 5.32 Å². The molecule has 12 heavy (non-hydrogen) atoms. The largest absolute Gasteiger partial charge is 0.309 e. The average Bonchev–Trinajstić information content (AvgIpc) is 2.15. The van der Waals surface area contributed by atoms with Gasteiger partial charge in [-0.05, 0) is 18.7 Å². The van der Waals surface area contributed by atoms with Crippen LogP contribution in [0.3, 0.4) is 0 Å². The summed E-state index contributed by atoms with van der Waals surface area (Å²) in [5.41, 5.74) is 4.01. The predicted molar refractivity (Wildman–Crippen MR) is 52.0 cm³/mol. The Morgan fingerprint density at radius 2 is 2.08 bits per heavy atom. The minimum Gasteiger partial charge on any atom is -0.309 e. The van der Waals surface area contributed by atoms with Gasteiger partial charge in [0, 0.05) is 0 Å². The van der Waals surface area contributed by atoms with E-state index < -0.39 is 0 Å². The molecular formula is C11H13N. The van der Waals surface area contributed by atoms with Crippen LogP contribution in [0, 0.1) is 0 Å². The van der Waals surface area contributed by atoms with Crippen molar-refractivity contribution in [3.05, 3.63) is 54.3 Å². The van der Waals surface area contributed by atoms with Crippen LogP contribution in [0.1, 0.15) is 11.6 Å². The molecule has 1 aromatic rings. The fraction of sp³-hybridized carbons (Fsp3) is 0.182. The maximum absolute atomic E-state index is 3.55. The number of rotatable bonds is 3. The van der Waals surface area contributed by atoms with Crippen molar-refractivity contribution in [2.75, 3.05) is 7.05 Å². The standard InChI is InChI=1S/C11H13N/c1-3-7-11(12-2)10-8-5-4-6-9-10/h4-9,11-12H,1H2,2H3. The van der Waals surface area contributed by atoms with Gasteiger partial charge in [-0.2, -0.15) is 0 Å². The van der Waals surface area contributed by atoms with Crippen molar-refractivity contribution in [2.45, 2.75) is 6.04 Å². The Morgan fingerprint density at radius 1 is 1.42 bits per heavy atom. The zero-order valence-corrected chi connectivity index (χ0v) is 7.25. The highest BCUT2D eigenvalue weighted by Crippen LogP contribution is 2.11. The van der Waals surface area contributed by atoms with Crippen molar-refractivity contribution >= 4 is 0 Å². The highest BCUT2D eigenvalue weighted by atomic mass is 14.9. The molecule has 0 spiro atoms. The molecule has 0 saturated carbocycles. The summed E-state index contributed by atoms with van der Waals surface area (Å²) in [5, 5.41) is 3.16. The van der Waals surface area contributed by atoms with Gasteiger partial charge in [0.1, 0.15) is 0 Å². The van der Waals surface area contributed by atoms with Gasteiger partial charge in [0.25, 0.3) is 0 Å². The second-order valence-electron chi connectivity index (χ2n) is 2.55. The number of likely N-dealkylation sites (N-methyl/N-ethyl adjacent to an activating group) is 1. The third-order valence-corrected chi connectivity index (χ3v) is 1.75. The molecule has 0 amide bonds. The summed E-state index contributed by atoms with van der Waals surface area (Å²) in [6.45, 7) is 3.55. The summed E-state index contributed by atoms with van der Waals surface area (Å²) < 4.78 is 0. The van der Waals surface area contributed by atoms with Crippen molar-refractivity contribution < 1.29 is 0 Å². The molecule has 0 aliphatic rings. The summed E-state index contributed by atoms with van der Waals surface area (Å²) >= 11 is 0. The highest BCUT2D eigenvalue weighted by Gasteiger charge is 2.01. The molecule has 1 unspecified atom stereocenters. The number of hydrogen-bond donors (Lipinski definition) is 1. The second kappa shape index (κ2) is 4.55. The van der Waals surface area contributed by atoms with E-state index in [9.17, 15) is 0 Å². The fourth-order valence-corrected chi connectivity index (χ4v) is 1.12. The molecule has 0 aliphatic carbocycles. The van der Waals surface area contributed by atoms with E-state index in [4.69, 9.17) is 0 Å². The molecule has 1 N–H and O–H groups in total. The molecule has 0 radical (unpaired) electrons. The maximum atomic E-state index is 3.55. The van der Waals surface area contributed by atoms with Crippen LogP contribution in [0.5, 0.6) is 0 Å². The van der Waals surface area contributed by atoms with E-state index in [-0.39, 0.29) is 6.04 Å². The third kappa shape index (κ3) is 2.09. The molecule has 0 saturated heterocycles.